The topological polar surface area (TPSA) is 69.6 Å². The van der Waals surface area contributed by atoms with Gasteiger partial charge in [0.1, 0.15) is 0 Å². The van der Waals surface area contributed by atoms with Crippen molar-refractivity contribution >= 4 is 11.8 Å². The zero-order valence-corrected chi connectivity index (χ0v) is 6.04. The monoisotopic (exact) mass is 158 g/mol. The van der Waals surface area contributed by atoms with Crippen LogP contribution in [0, 0.1) is 0 Å². The van der Waals surface area contributed by atoms with Crippen LogP contribution < -0.4 is 5.32 Å². The molecule has 1 fully saturated rings. The van der Waals surface area contributed by atoms with E-state index in [0.29, 0.717) is 0 Å². The minimum atomic E-state index is -0.168. The van der Waals surface area contributed by atoms with Crippen LogP contribution in [-0.4, -0.2) is 48.1 Å². The second-order valence-corrected chi connectivity index (χ2v) is 2.32. The van der Waals surface area contributed by atoms with E-state index in [0.717, 1.165) is 0 Å². The lowest BCUT2D eigenvalue weighted by molar-refractivity contribution is -0.140. The third-order valence-corrected chi connectivity index (χ3v) is 1.49. The van der Waals surface area contributed by atoms with Gasteiger partial charge in [-0.15, -0.1) is 0 Å². The van der Waals surface area contributed by atoms with Gasteiger partial charge in [-0.3, -0.25) is 9.59 Å². The lowest BCUT2D eigenvalue weighted by atomic mass is 10.3. The molecule has 1 aliphatic rings. The number of hydrogen-bond donors (Lipinski definition) is 2. The van der Waals surface area contributed by atoms with Crippen LogP contribution in [0.3, 0.4) is 0 Å². The molecule has 5 nitrogen and oxygen atoms in total. The molecule has 5 heteroatoms. The summed E-state index contributed by atoms with van der Waals surface area (Å²) in [5, 5.41) is 10.9. The molecule has 0 aromatic heterocycles. The Morgan fingerprint density at radius 2 is 2.27 bits per heavy atom. The molecule has 2 N–H and O–H groups in total. The number of amides is 2. The lowest BCUT2D eigenvalue weighted by Crippen LogP contribution is -2.52. The van der Waals surface area contributed by atoms with Gasteiger partial charge >= 0.3 is 0 Å². The second kappa shape index (κ2) is 3.34. The number of aliphatic hydroxyl groups is 1. The molecule has 0 aliphatic carbocycles. The van der Waals surface area contributed by atoms with Crippen molar-refractivity contribution in [3.05, 3.63) is 0 Å². The molecule has 0 aromatic rings. The zero-order valence-electron chi connectivity index (χ0n) is 6.04. The number of piperazine rings is 1. The van der Waals surface area contributed by atoms with E-state index in [2.05, 4.69) is 5.32 Å². The Kier molecular flexibility index (Phi) is 2.43. The molecular weight excluding hydrogens is 148 g/mol. The minimum Gasteiger partial charge on any atom is -0.395 e. The molecule has 62 valence electrons. The van der Waals surface area contributed by atoms with Gasteiger partial charge in [0.2, 0.25) is 11.8 Å². The third kappa shape index (κ3) is 1.91. The van der Waals surface area contributed by atoms with Gasteiger partial charge < -0.3 is 15.3 Å². The Morgan fingerprint density at radius 3 is 2.91 bits per heavy atom. The van der Waals surface area contributed by atoms with E-state index in [1.165, 1.54) is 4.90 Å². The molecule has 0 bridgehead atoms. The van der Waals surface area contributed by atoms with Gasteiger partial charge in [-0.05, 0) is 0 Å². The highest BCUT2D eigenvalue weighted by atomic mass is 16.3. The van der Waals surface area contributed by atoms with Crippen molar-refractivity contribution in [3.63, 3.8) is 0 Å². The van der Waals surface area contributed by atoms with E-state index in [1.54, 1.807) is 0 Å². The van der Waals surface area contributed by atoms with Crippen LogP contribution in [0.5, 0.6) is 0 Å². The average Bonchev–Trinajstić information content (AvgIpc) is 1.98. The van der Waals surface area contributed by atoms with E-state index < -0.39 is 0 Å². The summed E-state index contributed by atoms with van der Waals surface area (Å²) >= 11 is 0. The number of nitrogens with zero attached hydrogens (tertiary/aromatic N) is 1. The van der Waals surface area contributed by atoms with E-state index >= 15 is 0 Å². The van der Waals surface area contributed by atoms with Crippen molar-refractivity contribution in [2.45, 2.75) is 0 Å². The van der Waals surface area contributed by atoms with Crippen molar-refractivity contribution in [2.75, 3.05) is 26.2 Å². The first kappa shape index (κ1) is 8.00. The van der Waals surface area contributed by atoms with Crippen molar-refractivity contribution in [1.29, 1.82) is 0 Å². The molecule has 0 aromatic carbocycles. The number of rotatable bonds is 2. The van der Waals surface area contributed by atoms with Gasteiger partial charge in [0, 0.05) is 6.54 Å². The number of β-amino-alcohol motifs (C(OH)–C–C–N with tert-alkyl or cyclic N) is 1. The highest BCUT2D eigenvalue weighted by Gasteiger charge is 2.21. The molecule has 0 radical (unpaired) electrons. The quantitative estimate of drug-likeness (QED) is 0.485. The van der Waals surface area contributed by atoms with Gasteiger partial charge in [-0.2, -0.15) is 0 Å². The fraction of sp³-hybridized carbons (Fsp3) is 0.667. The van der Waals surface area contributed by atoms with Gasteiger partial charge in [0.05, 0.1) is 19.7 Å². The molecule has 1 saturated heterocycles. The van der Waals surface area contributed by atoms with Crippen LogP contribution in [-0.2, 0) is 9.59 Å². The molecule has 1 heterocycles. The summed E-state index contributed by atoms with van der Waals surface area (Å²) in [6, 6.07) is 0. The summed E-state index contributed by atoms with van der Waals surface area (Å²) in [6.45, 7) is 0.267. The number of hydrogen-bond acceptors (Lipinski definition) is 3. The fourth-order valence-corrected chi connectivity index (χ4v) is 0.928. The molecule has 1 rings (SSSR count). The van der Waals surface area contributed by atoms with Crippen molar-refractivity contribution in [2.24, 2.45) is 0 Å². The molecule has 0 unspecified atom stereocenters. The largest absolute Gasteiger partial charge is 0.395 e. The van der Waals surface area contributed by atoms with Crippen LogP contribution in [0.15, 0.2) is 0 Å². The van der Waals surface area contributed by atoms with Crippen molar-refractivity contribution in [3.8, 4) is 0 Å². The second-order valence-electron chi connectivity index (χ2n) is 2.32. The molecule has 1 aliphatic heterocycles. The van der Waals surface area contributed by atoms with E-state index in [-0.39, 0.29) is 38.1 Å². The first-order valence-electron chi connectivity index (χ1n) is 3.39. The van der Waals surface area contributed by atoms with Gasteiger partial charge in [-0.1, -0.05) is 0 Å². The summed E-state index contributed by atoms with van der Waals surface area (Å²) in [5.41, 5.74) is 0. The molecule has 0 saturated carbocycles. The number of carbonyl (C=O) groups excluding carboxylic acids is 2. The Balaban J connectivity index is 2.47. The minimum absolute atomic E-state index is 0.0544. The van der Waals surface area contributed by atoms with Crippen LogP contribution in [0.1, 0.15) is 0 Å². The van der Waals surface area contributed by atoms with Crippen LogP contribution in [0.4, 0.5) is 0 Å². The summed E-state index contributed by atoms with van der Waals surface area (Å²) in [4.78, 5) is 23.0. The van der Waals surface area contributed by atoms with Crippen LogP contribution in [0.25, 0.3) is 0 Å². The Labute approximate surface area is 64.0 Å². The van der Waals surface area contributed by atoms with Crippen LogP contribution in [0.2, 0.25) is 0 Å². The van der Waals surface area contributed by atoms with Gasteiger partial charge in [-0.25, -0.2) is 0 Å². The maximum atomic E-state index is 10.9. The zero-order chi connectivity index (χ0) is 8.27. The van der Waals surface area contributed by atoms with E-state index in [4.69, 9.17) is 5.11 Å². The molecule has 0 spiro atoms. The normalized spacial score (nSPS) is 18.5. The predicted molar refractivity (Wildman–Crippen MR) is 36.7 cm³/mol. The molecule has 0 atom stereocenters. The number of aliphatic hydroxyl groups excluding tert-OH is 1. The van der Waals surface area contributed by atoms with E-state index in [1.807, 2.05) is 0 Å². The Hall–Kier alpha value is -1.10. The Bertz CT molecular complexity index is 181. The highest BCUT2D eigenvalue weighted by molar-refractivity contribution is 5.92. The summed E-state index contributed by atoms with van der Waals surface area (Å²) in [7, 11) is 0. The maximum Gasteiger partial charge on any atom is 0.242 e. The van der Waals surface area contributed by atoms with Gasteiger partial charge in [0.25, 0.3) is 0 Å². The third-order valence-electron chi connectivity index (χ3n) is 1.49. The average molecular weight is 158 g/mol. The van der Waals surface area contributed by atoms with Crippen molar-refractivity contribution in [1.82, 2.24) is 10.2 Å². The van der Waals surface area contributed by atoms with Crippen molar-refractivity contribution < 1.29 is 14.7 Å². The maximum absolute atomic E-state index is 10.9. The summed E-state index contributed by atoms with van der Waals surface area (Å²) < 4.78 is 0. The smallest absolute Gasteiger partial charge is 0.242 e. The number of carbonyl (C=O) groups is 2. The molecule has 11 heavy (non-hydrogen) atoms. The van der Waals surface area contributed by atoms with Gasteiger partial charge in [0.15, 0.2) is 0 Å². The summed E-state index contributed by atoms with van der Waals surface area (Å²) in [6.07, 6.45) is 0. The first-order valence-corrected chi connectivity index (χ1v) is 3.39. The molecular formula is C6H10N2O3. The Morgan fingerprint density at radius 1 is 1.55 bits per heavy atom. The van der Waals surface area contributed by atoms with Crippen LogP contribution >= 0.6 is 0 Å². The summed E-state index contributed by atoms with van der Waals surface area (Å²) in [5.74, 6) is -0.309. The first-order chi connectivity index (χ1) is 5.24. The predicted octanol–water partition coefficient (Wildman–Crippen LogP) is -2.06. The standard InChI is InChI=1S/C6H10N2O3/c9-2-1-8-4-5(10)7-3-6(8)11/h9H,1-4H2,(H,7,10). The SMILES string of the molecule is O=C1CN(CCO)C(=O)CN1. The lowest BCUT2D eigenvalue weighted by Gasteiger charge is -2.25. The molecule has 2 amide bonds. The fourth-order valence-electron chi connectivity index (χ4n) is 0.928. The number of nitrogens with one attached hydrogen (secondary N) is 1. The van der Waals surface area contributed by atoms with E-state index in [9.17, 15) is 9.59 Å². The highest BCUT2D eigenvalue weighted by Crippen LogP contribution is 1.93.